The van der Waals surface area contributed by atoms with E-state index >= 15 is 0 Å². The topological polar surface area (TPSA) is 25.8 Å². The van der Waals surface area contributed by atoms with E-state index in [4.69, 9.17) is 11.6 Å². The molecule has 2 heterocycles. The molecular weight excluding hydrogens is 228 g/mol. The third-order valence-corrected chi connectivity index (χ3v) is 4.11. The Kier molecular flexibility index (Phi) is 2.37. The maximum atomic E-state index is 6.14. The van der Waals surface area contributed by atoms with Crippen LogP contribution in [0.5, 0.6) is 0 Å². The van der Waals surface area contributed by atoms with Gasteiger partial charge in [0.05, 0.1) is 0 Å². The van der Waals surface area contributed by atoms with Crippen LogP contribution >= 0.6 is 22.9 Å². The van der Waals surface area contributed by atoms with Gasteiger partial charge in [0.25, 0.3) is 0 Å². The number of hydrogen-bond acceptors (Lipinski definition) is 3. The summed E-state index contributed by atoms with van der Waals surface area (Å²) in [6, 6.07) is 1.99. The van der Waals surface area contributed by atoms with Gasteiger partial charge in [-0.05, 0) is 24.3 Å². The van der Waals surface area contributed by atoms with Crippen molar-refractivity contribution < 1.29 is 0 Å². The normalized spacial score (nSPS) is 17.7. The molecule has 4 heteroatoms. The Balaban J connectivity index is 2.11. The van der Waals surface area contributed by atoms with Gasteiger partial charge in [-0.25, -0.2) is 9.97 Å². The van der Waals surface area contributed by atoms with Gasteiger partial charge < -0.3 is 0 Å². The molecule has 0 aromatic carbocycles. The third-order valence-electron chi connectivity index (χ3n) is 3.02. The molecule has 78 valence electrons. The lowest BCUT2D eigenvalue weighted by molar-refractivity contribution is 0.673. The average molecular weight is 239 g/mol. The highest BCUT2D eigenvalue weighted by molar-refractivity contribution is 7.16. The molecule has 2 aromatic heterocycles. The number of hydrogen-bond donors (Lipinski definition) is 0. The van der Waals surface area contributed by atoms with Gasteiger partial charge in [0.15, 0.2) is 0 Å². The van der Waals surface area contributed by atoms with Gasteiger partial charge >= 0.3 is 0 Å². The molecule has 15 heavy (non-hydrogen) atoms. The summed E-state index contributed by atoms with van der Waals surface area (Å²) >= 11 is 7.78. The first kappa shape index (κ1) is 9.55. The van der Waals surface area contributed by atoms with Crippen LogP contribution < -0.4 is 0 Å². The Morgan fingerprint density at radius 3 is 2.87 bits per heavy atom. The van der Waals surface area contributed by atoms with Gasteiger partial charge in [-0.15, -0.1) is 11.3 Å². The van der Waals surface area contributed by atoms with Crippen molar-refractivity contribution in [2.24, 2.45) is 0 Å². The van der Waals surface area contributed by atoms with Crippen molar-refractivity contribution >= 4 is 33.2 Å². The van der Waals surface area contributed by atoms with Gasteiger partial charge in [-0.1, -0.05) is 24.4 Å². The highest BCUT2D eigenvalue weighted by Gasteiger charge is 2.21. The third kappa shape index (κ3) is 1.64. The van der Waals surface area contributed by atoms with Crippen molar-refractivity contribution in [1.82, 2.24) is 9.97 Å². The van der Waals surface area contributed by atoms with Crippen molar-refractivity contribution in [3.63, 3.8) is 0 Å². The number of thiophene rings is 1. The number of halogens is 1. The minimum Gasteiger partial charge on any atom is -0.222 e. The lowest BCUT2D eigenvalue weighted by Crippen LogP contribution is -2.00. The largest absolute Gasteiger partial charge is 0.222 e. The predicted molar refractivity (Wildman–Crippen MR) is 63.6 cm³/mol. The van der Waals surface area contributed by atoms with E-state index in [2.05, 4.69) is 9.97 Å². The van der Waals surface area contributed by atoms with Gasteiger partial charge in [-0.2, -0.15) is 0 Å². The maximum absolute atomic E-state index is 6.14. The predicted octanol–water partition coefficient (Wildman–Crippen LogP) is 4.00. The molecule has 3 rings (SSSR count). The smallest absolute Gasteiger partial charge is 0.141 e. The summed E-state index contributed by atoms with van der Waals surface area (Å²) < 4.78 is 0. The standard InChI is InChI=1S/C11H11ClN2S/c12-9-8-5-6-15-11(8)14-10(13-9)7-3-1-2-4-7/h5-7H,1-4H2. The molecule has 1 fully saturated rings. The monoisotopic (exact) mass is 238 g/mol. The van der Waals surface area contributed by atoms with E-state index in [0.29, 0.717) is 11.1 Å². The van der Waals surface area contributed by atoms with E-state index in [1.807, 2.05) is 11.4 Å². The Hall–Kier alpha value is -0.670. The van der Waals surface area contributed by atoms with Crippen LogP contribution in [-0.4, -0.2) is 9.97 Å². The molecule has 0 atom stereocenters. The van der Waals surface area contributed by atoms with E-state index in [-0.39, 0.29) is 0 Å². The molecule has 1 aliphatic rings. The van der Waals surface area contributed by atoms with E-state index in [9.17, 15) is 0 Å². The van der Waals surface area contributed by atoms with Crippen LogP contribution in [0, 0.1) is 0 Å². The fourth-order valence-electron chi connectivity index (χ4n) is 2.20. The lowest BCUT2D eigenvalue weighted by Gasteiger charge is -2.07. The van der Waals surface area contributed by atoms with Gasteiger partial charge in [0.2, 0.25) is 0 Å². The zero-order valence-electron chi connectivity index (χ0n) is 8.24. The van der Waals surface area contributed by atoms with Crippen molar-refractivity contribution in [1.29, 1.82) is 0 Å². The Bertz CT molecular complexity index is 488. The van der Waals surface area contributed by atoms with Gasteiger partial charge in [0.1, 0.15) is 15.8 Å². The first-order chi connectivity index (χ1) is 7.34. The second-order valence-corrected chi connectivity index (χ2v) is 5.25. The van der Waals surface area contributed by atoms with E-state index in [1.165, 1.54) is 25.7 Å². The molecule has 1 aliphatic carbocycles. The molecule has 0 saturated heterocycles. The van der Waals surface area contributed by atoms with Crippen molar-refractivity contribution in [2.45, 2.75) is 31.6 Å². The van der Waals surface area contributed by atoms with E-state index in [0.717, 1.165) is 16.0 Å². The molecule has 2 nitrogen and oxygen atoms in total. The van der Waals surface area contributed by atoms with Gasteiger partial charge in [0, 0.05) is 11.3 Å². The van der Waals surface area contributed by atoms with Crippen LogP contribution in [-0.2, 0) is 0 Å². The number of fused-ring (bicyclic) bond motifs is 1. The van der Waals surface area contributed by atoms with Crippen LogP contribution in [0.25, 0.3) is 10.2 Å². The van der Waals surface area contributed by atoms with E-state index in [1.54, 1.807) is 11.3 Å². The number of rotatable bonds is 1. The first-order valence-electron chi connectivity index (χ1n) is 5.25. The molecule has 0 radical (unpaired) electrons. The molecular formula is C11H11ClN2S. The summed E-state index contributed by atoms with van der Waals surface area (Å²) in [5.41, 5.74) is 0. The number of nitrogens with zero attached hydrogens (tertiary/aromatic N) is 2. The highest BCUT2D eigenvalue weighted by atomic mass is 35.5. The van der Waals surface area contributed by atoms with Crippen LogP contribution in [0.15, 0.2) is 11.4 Å². The summed E-state index contributed by atoms with van der Waals surface area (Å²) in [5.74, 6) is 1.49. The van der Waals surface area contributed by atoms with E-state index < -0.39 is 0 Å². The van der Waals surface area contributed by atoms with Crippen molar-refractivity contribution in [2.75, 3.05) is 0 Å². The molecule has 1 saturated carbocycles. The molecule has 0 bridgehead atoms. The molecule has 0 spiro atoms. The van der Waals surface area contributed by atoms with Crippen LogP contribution in [0.1, 0.15) is 37.4 Å². The SMILES string of the molecule is Clc1nc(C2CCCC2)nc2sccc12. The summed E-state index contributed by atoms with van der Waals surface area (Å²) in [4.78, 5) is 10.0. The molecule has 2 aromatic rings. The Labute approximate surface area is 97.3 Å². The summed E-state index contributed by atoms with van der Waals surface area (Å²) in [6.45, 7) is 0. The van der Waals surface area contributed by atoms with Crippen molar-refractivity contribution in [3.05, 3.63) is 22.4 Å². The molecule has 0 N–H and O–H groups in total. The second kappa shape index (κ2) is 3.72. The lowest BCUT2D eigenvalue weighted by atomic mass is 10.1. The van der Waals surface area contributed by atoms with Crippen LogP contribution in [0.2, 0.25) is 5.15 Å². The Morgan fingerprint density at radius 1 is 1.27 bits per heavy atom. The zero-order valence-corrected chi connectivity index (χ0v) is 9.81. The average Bonchev–Trinajstić information content (AvgIpc) is 2.88. The fourth-order valence-corrected chi connectivity index (χ4v) is 3.27. The first-order valence-corrected chi connectivity index (χ1v) is 6.51. The minimum absolute atomic E-state index is 0.536. The number of aromatic nitrogens is 2. The highest BCUT2D eigenvalue weighted by Crippen LogP contribution is 2.34. The summed E-state index contributed by atoms with van der Waals surface area (Å²) in [5, 5.41) is 3.62. The van der Waals surface area contributed by atoms with Crippen LogP contribution in [0.4, 0.5) is 0 Å². The van der Waals surface area contributed by atoms with Crippen LogP contribution in [0.3, 0.4) is 0 Å². The fraction of sp³-hybridized carbons (Fsp3) is 0.455. The summed E-state index contributed by atoms with van der Waals surface area (Å²) in [6.07, 6.45) is 5.03. The molecule has 0 unspecified atom stereocenters. The second-order valence-electron chi connectivity index (χ2n) is 3.99. The molecule has 0 aliphatic heterocycles. The summed E-state index contributed by atoms with van der Waals surface area (Å²) in [7, 11) is 0. The Morgan fingerprint density at radius 2 is 2.07 bits per heavy atom. The zero-order chi connectivity index (χ0) is 10.3. The minimum atomic E-state index is 0.536. The van der Waals surface area contributed by atoms with Gasteiger partial charge in [-0.3, -0.25) is 0 Å². The molecule has 0 amide bonds. The van der Waals surface area contributed by atoms with Crippen molar-refractivity contribution in [3.8, 4) is 0 Å². The quantitative estimate of drug-likeness (QED) is 0.702. The maximum Gasteiger partial charge on any atom is 0.141 e.